The zero-order chi connectivity index (χ0) is 10.2. The Kier molecular flexibility index (Phi) is 2.48. The molecule has 2 rings (SSSR count). The van der Waals surface area contributed by atoms with Gasteiger partial charge in [-0.2, -0.15) is 12.7 Å². The van der Waals surface area contributed by atoms with Crippen LogP contribution >= 0.6 is 0 Å². The van der Waals surface area contributed by atoms with Crippen LogP contribution in [0.15, 0.2) is 0 Å². The molecular formula is C8H14N2O3S. The maximum atomic E-state index is 11.9. The molecule has 0 radical (unpaired) electrons. The van der Waals surface area contributed by atoms with Crippen LogP contribution in [0.1, 0.15) is 25.7 Å². The zero-order valence-electron chi connectivity index (χ0n) is 7.98. The largest absolute Gasteiger partial charge is 0.306 e. The van der Waals surface area contributed by atoms with E-state index in [0.29, 0.717) is 32.5 Å². The maximum absolute atomic E-state index is 11.9. The number of hydrogen-bond donors (Lipinski definition) is 0. The molecule has 0 aromatic heterocycles. The molecule has 2 heterocycles. The van der Waals surface area contributed by atoms with Crippen LogP contribution < -0.4 is 0 Å². The molecule has 0 unspecified atom stereocenters. The van der Waals surface area contributed by atoms with Crippen molar-refractivity contribution in [1.29, 1.82) is 0 Å². The lowest BCUT2D eigenvalue weighted by Crippen LogP contribution is -2.42. The molecule has 0 aromatic carbocycles. The molecule has 0 atom stereocenters. The topological polar surface area (TPSA) is 57.7 Å². The Balaban J connectivity index is 2.18. The van der Waals surface area contributed by atoms with E-state index in [1.165, 1.54) is 4.31 Å². The highest BCUT2D eigenvalue weighted by molar-refractivity contribution is 7.87. The van der Waals surface area contributed by atoms with Crippen LogP contribution in [0.25, 0.3) is 0 Å². The maximum Gasteiger partial charge on any atom is 0.306 e. The lowest BCUT2D eigenvalue weighted by molar-refractivity contribution is -0.123. The Morgan fingerprint density at radius 3 is 2.14 bits per heavy atom. The summed E-state index contributed by atoms with van der Waals surface area (Å²) < 4.78 is 26.2. The Hall–Kier alpha value is -0.620. The van der Waals surface area contributed by atoms with E-state index in [2.05, 4.69) is 0 Å². The summed E-state index contributed by atoms with van der Waals surface area (Å²) in [5, 5.41) is 0. The molecule has 2 saturated heterocycles. The average Bonchev–Trinajstić information content (AvgIpc) is 2.72. The summed E-state index contributed by atoms with van der Waals surface area (Å²) in [5.41, 5.74) is 0. The highest BCUT2D eigenvalue weighted by Crippen LogP contribution is 2.21. The molecule has 0 saturated carbocycles. The Morgan fingerprint density at radius 1 is 1.00 bits per heavy atom. The van der Waals surface area contributed by atoms with Gasteiger partial charge in [-0.25, -0.2) is 4.31 Å². The van der Waals surface area contributed by atoms with E-state index in [4.69, 9.17) is 0 Å². The highest BCUT2D eigenvalue weighted by Gasteiger charge is 2.37. The molecule has 0 N–H and O–H groups in total. The summed E-state index contributed by atoms with van der Waals surface area (Å²) in [6.45, 7) is 1.48. The van der Waals surface area contributed by atoms with Crippen LogP contribution in [0, 0.1) is 0 Å². The van der Waals surface area contributed by atoms with Crippen molar-refractivity contribution in [2.24, 2.45) is 0 Å². The smallest absolute Gasteiger partial charge is 0.274 e. The molecule has 0 bridgehead atoms. The van der Waals surface area contributed by atoms with Gasteiger partial charge in [-0.05, 0) is 19.3 Å². The highest BCUT2D eigenvalue weighted by atomic mass is 32.2. The van der Waals surface area contributed by atoms with E-state index in [-0.39, 0.29) is 5.91 Å². The number of rotatable bonds is 2. The van der Waals surface area contributed by atoms with Gasteiger partial charge in [0.25, 0.3) is 0 Å². The number of hydrogen-bond acceptors (Lipinski definition) is 3. The van der Waals surface area contributed by atoms with Crippen LogP contribution in [0.2, 0.25) is 0 Å². The second-order valence-corrected chi connectivity index (χ2v) is 5.54. The third-order valence-electron chi connectivity index (χ3n) is 2.70. The fourth-order valence-electron chi connectivity index (χ4n) is 1.93. The molecule has 6 heteroatoms. The van der Waals surface area contributed by atoms with E-state index in [1.807, 2.05) is 0 Å². The minimum Gasteiger partial charge on any atom is -0.274 e. The summed E-state index contributed by atoms with van der Waals surface area (Å²) in [4.78, 5) is 11.3. The predicted octanol–water partition coefficient (Wildman–Crippen LogP) is -0.0506. The number of carbonyl (C=O) groups excluding carboxylic acids is 1. The molecule has 1 amide bonds. The molecule has 5 nitrogen and oxygen atoms in total. The second kappa shape index (κ2) is 3.51. The standard InChI is InChI=1S/C8H14N2O3S/c11-8-4-3-7-10(8)14(12,13)9-5-1-2-6-9/h1-7H2. The van der Waals surface area contributed by atoms with Gasteiger partial charge >= 0.3 is 10.2 Å². The van der Waals surface area contributed by atoms with Gasteiger partial charge in [-0.15, -0.1) is 0 Å². The van der Waals surface area contributed by atoms with Crippen molar-refractivity contribution < 1.29 is 13.2 Å². The van der Waals surface area contributed by atoms with Crippen LogP contribution in [-0.2, 0) is 15.0 Å². The van der Waals surface area contributed by atoms with Gasteiger partial charge in [0.05, 0.1) is 0 Å². The Morgan fingerprint density at radius 2 is 1.64 bits per heavy atom. The second-order valence-electron chi connectivity index (χ2n) is 3.68. The van der Waals surface area contributed by atoms with Gasteiger partial charge in [0.2, 0.25) is 5.91 Å². The lowest BCUT2D eigenvalue weighted by atomic mass is 10.4. The fraction of sp³-hybridized carbons (Fsp3) is 0.875. The molecular weight excluding hydrogens is 204 g/mol. The van der Waals surface area contributed by atoms with Crippen molar-refractivity contribution in [1.82, 2.24) is 8.61 Å². The quantitative estimate of drug-likeness (QED) is 0.653. The van der Waals surface area contributed by atoms with Gasteiger partial charge in [0, 0.05) is 26.1 Å². The first-order valence-electron chi connectivity index (χ1n) is 4.93. The first-order valence-corrected chi connectivity index (χ1v) is 6.33. The van der Waals surface area contributed by atoms with Crippen molar-refractivity contribution in [3.63, 3.8) is 0 Å². The predicted molar refractivity (Wildman–Crippen MR) is 50.7 cm³/mol. The van der Waals surface area contributed by atoms with Crippen LogP contribution in [-0.4, -0.2) is 42.6 Å². The SMILES string of the molecule is O=C1CCCN1S(=O)(=O)N1CCCC1. The average molecular weight is 218 g/mol. The Bertz CT molecular complexity index is 332. The van der Waals surface area contributed by atoms with E-state index < -0.39 is 10.2 Å². The number of amides is 1. The molecule has 0 aromatic rings. The van der Waals surface area contributed by atoms with Crippen molar-refractivity contribution in [3.8, 4) is 0 Å². The van der Waals surface area contributed by atoms with Crippen LogP contribution in [0.3, 0.4) is 0 Å². The summed E-state index contributed by atoms with van der Waals surface area (Å²) in [5.74, 6) is -0.253. The minimum absolute atomic E-state index is 0.253. The number of nitrogens with zero attached hydrogens (tertiary/aromatic N) is 2. The van der Waals surface area contributed by atoms with Gasteiger partial charge in [-0.3, -0.25) is 4.79 Å². The third-order valence-corrected chi connectivity index (χ3v) is 4.66. The monoisotopic (exact) mass is 218 g/mol. The fourth-order valence-corrected chi connectivity index (χ4v) is 3.63. The molecule has 2 aliphatic rings. The third kappa shape index (κ3) is 1.52. The van der Waals surface area contributed by atoms with E-state index >= 15 is 0 Å². The number of carbonyl (C=O) groups is 1. The lowest BCUT2D eigenvalue weighted by Gasteiger charge is -2.22. The van der Waals surface area contributed by atoms with Crippen molar-refractivity contribution in [2.75, 3.05) is 19.6 Å². The normalized spacial score (nSPS) is 24.9. The summed E-state index contributed by atoms with van der Waals surface area (Å²) in [6, 6.07) is 0. The molecule has 2 aliphatic heterocycles. The summed E-state index contributed by atoms with van der Waals surface area (Å²) >= 11 is 0. The molecule has 14 heavy (non-hydrogen) atoms. The van der Waals surface area contributed by atoms with E-state index in [9.17, 15) is 13.2 Å². The first-order chi connectivity index (χ1) is 6.62. The first kappa shape index (κ1) is 9.92. The van der Waals surface area contributed by atoms with Gasteiger partial charge < -0.3 is 0 Å². The molecule has 0 aliphatic carbocycles. The Labute approximate surface area is 83.9 Å². The molecule has 80 valence electrons. The van der Waals surface area contributed by atoms with Gasteiger partial charge in [-0.1, -0.05) is 0 Å². The summed E-state index contributed by atoms with van der Waals surface area (Å²) in [6.07, 6.45) is 2.83. The van der Waals surface area contributed by atoms with Crippen molar-refractivity contribution in [2.45, 2.75) is 25.7 Å². The minimum atomic E-state index is -3.47. The molecule has 2 fully saturated rings. The van der Waals surface area contributed by atoms with E-state index in [0.717, 1.165) is 17.1 Å². The van der Waals surface area contributed by atoms with Gasteiger partial charge in [0.1, 0.15) is 0 Å². The van der Waals surface area contributed by atoms with Crippen LogP contribution in [0.5, 0.6) is 0 Å². The molecule has 0 spiro atoms. The summed E-state index contributed by atoms with van der Waals surface area (Å²) in [7, 11) is -3.47. The van der Waals surface area contributed by atoms with Crippen molar-refractivity contribution in [3.05, 3.63) is 0 Å². The van der Waals surface area contributed by atoms with E-state index in [1.54, 1.807) is 0 Å². The zero-order valence-corrected chi connectivity index (χ0v) is 8.79. The van der Waals surface area contributed by atoms with Crippen LogP contribution in [0.4, 0.5) is 0 Å². The van der Waals surface area contributed by atoms with Gasteiger partial charge in [0.15, 0.2) is 0 Å². The van der Waals surface area contributed by atoms with Crippen molar-refractivity contribution >= 4 is 16.1 Å².